The second kappa shape index (κ2) is 10.6. The maximum atomic E-state index is 12.8. The van der Waals surface area contributed by atoms with E-state index in [0.717, 1.165) is 18.1 Å². The molecule has 0 bridgehead atoms. The number of carbonyl (C=O) groups is 2. The first-order valence-corrected chi connectivity index (χ1v) is 10.9. The van der Waals surface area contributed by atoms with E-state index in [-0.39, 0.29) is 22.8 Å². The number of hydrogen-bond acceptors (Lipinski definition) is 7. The largest absolute Gasteiger partial charge is 0.495 e. The van der Waals surface area contributed by atoms with Crippen LogP contribution in [-0.2, 0) is 24.3 Å². The maximum Gasteiger partial charge on any atom is 0.344 e. The molecule has 0 heterocycles. The Kier molecular flexibility index (Phi) is 8.23. The Morgan fingerprint density at radius 1 is 1.03 bits per heavy atom. The van der Waals surface area contributed by atoms with Crippen LogP contribution in [0.25, 0.3) is 0 Å². The minimum atomic E-state index is -4.05. The van der Waals surface area contributed by atoms with Crippen molar-refractivity contribution >= 4 is 27.6 Å². The van der Waals surface area contributed by atoms with Gasteiger partial charge in [0.25, 0.3) is 10.0 Å². The molecule has 0 aliphatic heterocycles. The molecule has 0 fully saturated rings. The Balaban J connectivity index is 2.16. The second-order valence-electron chi connectivity index (χ2n) is 6.49. The lowest BCUT2D eigenvalue weighted by Gasteiger charge is -2.13. The van der Waals surface area contributed by atoms with Crippen LogP contribution in [0.2, 0.25) is 0 Å². The zero-order valence-corrected chi connectivity index (χ0v) is 18.0. The van der Waals surface area contributed by atoms with E-state index in [0.29, 0.717) is 12.1 Å². The predicted octanol–water partition coefficient (Wildman–Crippen LogP) is 3.30. The molecule has 0 spiro atoms. The molecule has 0 aromatic heterocycles. The topological polar surface area (TPSA) is 108 Å². The predicted molar refractivity (Wildman–Crippen MR) is 111 cm³/mol. The van der Waals surface area contributed by atoms with Gasteiger partial charge in [-0.15, -0.1) is 0 Å². The van der Waals surface area contributed by atoms with Crippen molar-refractivity contribution in [3.63, 3.8) is 0 Å². The first-order valence-electron chi connectivity index (χ1n) is 9.37. The van der Waals surface area contributed by atoms with E-state index in [1.165, 1.54) is 19.2 Å². The van der Waals surface area contributed by atoms with Gasteiger partial charge >= 0.3 is 11.9 Å². The molecule has 2 rings (SSSR count). The van der Waals surface area contributed by atoms with E-state index in [1.807, 2.05) is 13.8 Å². The van der Waals surface area contributed by atoms with Gasteiger partial charge in [0.2, 0.25) is 0 Å². The van der Waals surface area contributed by atoms with Crippen molar-refractivity contribution in [3.8, 4) is 5.75 Å². The van der Waals surface area contributed by atoms with Crippen LogP contribution in [0.15, 0.2) is 47.4 Å². The highest BCUT2D eigenvalue weighted by atomic mass is 32.2. The molecule has 0 aliphatic rings. The summed E-state index contributed by atoms with van der Waals surface area (Å²) in [4.78, 5) is 23.6. The third kappa shape index (κ3) is 6.48. The van der Waals surface area contributed by atoms with Gasteiger partial charge in [0.15, 0.2) is 6.61 Å². The average Bonchev–Trinajstić information content (AvgIpc) is 2.73. The molecule has 9 heteroatoms. The van der Waals surface area contributed by atoms with Crippen molar-refractivity contribution in [2.45, 2.75) is 31.6 Å². The summed E-state index contributed by atoms with van der Waals surface area (Å²) >= 11 is 0. The van der Waals surface area contributed by atoms with Crippen LogP contribution in [0.4, 0.5) is 5.69 Å². The summed E-state index contributed by atoms with van der Waals surface area (Å²) < 4.78 is 43.1. The molecular formula is C21H25NO7S. The lowest BCUT2D eigenvalue weighted by Crippen LogP contribution is -2.18. The smallest absolute Gasteiger partial charge is 0.344 e. The summed E-state index contributed by atoms with van der Waals surface area (Å²) in [6.07, 6.45) is 1.58. The van der Waals surface area contributed by atoms with Gasteiger partial charge in [-0.25, -0.2) is 18.0 Å². The highest BCUT2D eigenvalue weighted by Crippen LogP contribution is 2.27. The Hall–Kier alpha value is -3.07. The molecule has 162 valence electrons. The molecule has 0 saturated carbocycles. The van der Waals surface area contributed by atoms with E-state index in [9.17, 15) is 18.0 Å². The number of benzene rings is 2. The molecule has 1 N–H and O–H groups in total. The van der Waals surface area contributed by atoms with Crippen LogP contribution in [0.1, 0.15) is 35.7 Å². The molecule has 2 aromatic carbocycles. The third-order valence-electron chi connectivity index (χ3n) is 4.07. The zero-order valence-electron chi connectivity index (χ0n) is 17.1. The molecule has 0 amide bonds. The minimum Gasteiger partial charge on any atom is -0.495 e. The zero-order chi connectivity index (χ0) is 22.1. The monoisotopic (exact) mass is 435 g/mol. The molecule has 8 nitrogen and oxygen atoms in total. The number of anilines is 1. The van der Waals surface area contributed by atoms with Crippen molar-refractivity contribution in [1.29, 1.82) is 0 Å². The van der Waals surface area contributed by atoms with Gasteiger partial charge in [0.05, 0.1) is 19.3 Å². The third-order valence-corrected chi connectivity index (χ3v) is 5.48. The Labute approximate surface area is 176 Å². The van der Waals surface area contributed by atoms with Crippen molar-refractivity contribution in [3.05, 3.63) is 53.6 Å². The van der Waals surface area contributed by atoms with E-state index in [1.54, 1.807) is 24.3 Å². The summed E-state index contributed by atoms with van der Waals surface area (Å²) in [5, 5.41) is 0. The first-order chi connectivity index (χ1) is 14.3. The van der Waals surface area contributed by atoms with Gasteiger partial charge < -0.3 is 14.2 Å². The fraction of sp³-hybridized carbons (Fsp3) is 0.333. The summed E-state index contributed by atoms with van der Waals surface area (Å²) in [5.74, 6) is -1.46. The average molecular weight is 435 g/mol. The van der Waals surface area contributed by atoms with E-state index >= 15 is 0 Å². The maximum absolute atomic E-state index is 12.8. The van der Waals surface area contributed by atoms with Crippen LogP contribution in [-0.4, -0.2) is 40.7 Å². The summed E-state index contributed by atoms with van der Waals surface area (Å²) in [6.45, 7) is 3.54. The van der Waals surface area contributed by atoms with Gasteiger partial charge in [-0.05, 0) is 43.7 Å². The van der Waals surface area contributed by atoms with E-state index < -0.39 is 28.6 Å². The number of carbonyl (C=O) groups excluding carboxylic acids is 2. The molecule has 2 aromatic rings. The molecular weight excluding hydrogens is 410 g/mol. The highest BCUT2D eigenvalue weighted by molar-refractivity contribution is 7.92. The number of nitrogens with one attached hydrogen (secondary N) is 1. The Morgan fingerprint density at radius 2 is 1.73 bits per heavy atom. The van der Waals surface area contributed by atoms with Gasteiger partial charge in [-0.1, -0.05) is 31.0 Å². The number of ether oxygens (including phenoxy) is 3. The molecule has 0 saturated heterocycles. The number of rotatable bonds is 10. The quantitative estimate of drug-likeness (QED) is 0.450. The first kappa shape index (κ1) is 23.2. The highest BCUT2D eigenvalue weighted by Gasteiger charge is 2.23. The molecule has 0 atom stereocenters. The fourth-order valence-corrected chi connectivity index (χ4v) is 3.68. The van der Waals surface area contributed by atoms with Crippen molar-refractivity contribution in [1.82, 2.24) is 0 Å². The Morgan fingerprint density at radius 3 is 2.37 bits per heavy atom. The number of unbranched alkanes of at least 4 members (excludes halogenated alkanes) is 1. The van der Waals surface area contributed by atoms with Crippen LogP contribution < -0.4 is 9.46 Å². The van der Waals surface area contributed by atoms with Crippen molar-refractivity contribution < 1.29 is 32.2 Å². The van der Waals surface area contributed by atoms with Gasteiger partial charge in [0, 0.05) is 5.69 Å². The summed E-state index contributed by atoms with van der Waals surface area (Å²) in [5.41, 5.74) is 1.31. The van der Waals surface area contributed by atoms with Crippen LogP contribution in [0.5, 0.6) is 5.75 Å². The SMILES string of the molecule is CCCCOC(=O)COC(=O)c1ccc(OC)c(S(=O)(=O)Nc2ccc(C)cc2)c1. The van der Waals surface area contributed by atoms with E-state index in [2.05, 4.69) is 4.72 Å². The van der Waals surface area contributed by atoms with Gasteiger partial charge in [-0.2, -0.15) is 0 Å². The van der Waals surface area contributed by atoms with E-state index in [4.69, 9.17) is 14.2 Å². The Bertz CT molecular complexity index is 985. The fourth-order valence-electron chi connectivity index (χ4n) is 2.43. The van der Waals surface area contributed by atoms with Crippen LogP contribution >= 0.6 is 0 Å². The lowest BCUT2D eigenvalue weighted by molar-refractivity contribution is -0.147. The van der Waals surface area contributed by atoms with Gasteiger partial charge in [0.1, 0.15) is 10.6 Å². The second-order valence-corrected chi connectivity index (χ2v) is 8.14. The summed E-state index contributed by atoms with van der Waals surface area (Å²) in [6, 6.07) is 10.6. The van der Waals surface area contributed by atoms with Gasteiger partial charge in [-0.3, -0.25) is 4.72 Å². The van der Waals surface area contributed by atoms with Crippen molar-refractivity contribution in [2.75, 3.05) is 25.0 Å². The molecule has 30 heavy (non-hydrogen) atoms. The summed E-state index contributed by atoms with van der Waals surface area (Å²) in [7, 11) is -2.72. The number of esters is 2. The van der Waals surface area contributed by atoms with Crippen LogP contribution in [0, 0.1) is 6.92 Å². The minimum absolute atomic E-state index is 0.0403. The number of hydrogen-bond donors (Lipinski definition) is 1. The lowest BCUT2D eigenvalue weighted by atomic mass is 10.2. The number of aryl methyl sites for hydroxylation is 1. The van der Waals surface area contributed by atoms with Crippen molar-refractivity contribution in [2.24, 2.45) is 0 Å². The number of methoxy groups -OCH3 is 1. The molecule has 0 aliphatic carbocycles. The molecule has 0 radical (unpaired) electrons. The normalized spacial score (nSPS) is 10.9. The molecule has 0 unspecified atom stereocenters. The number of sulfonamides is 1. The standard InChI is InChI=1S/C21H25NO7S/c1-4-5-12-28-20(23)14-29-21(24)16-8-11-18(27-3)19(13-16)30(25,26)22-17-9-6-15(2)7-10-17/h6-11,13,22H,4-5,12,14H2,1-3H3. The van der Waals surface area contributed by atoms with Crippen LogP contribution in [0.3, 0.4) is 0 Å².